The molecular formula is C15H23N3O2. The molecule has 0 radical (unpaired) electrons. The van der Waals surface area contributed by atoms with Crippen molar-refractivity contribution in [2.45, 2.75) is 32.2 Å². The highest BCUT2D eigenvalue weighted by atomic mass is 16.4. The Bertz CT molecular complexity index is 488. The van der Waals surface area contributed by atoms with Crippen LogP contribution in [0.4, 0.5) is 5.82 Å². The van der Waals surface area contributed by atoms with Gasteiger partial charge in [-0.3, -0.25) is 0 Å². The number of aromatic carboxylic acids is 1. The summed E-state index contributed by atoms with van der Waals surface area (Å²) in [5.74, 6) is -0.0768. The molecule has 110 valence electrons. The average molecular weight is 277 g/mol. The Hall–Kier alpha value is -1.62. The van der Waals surface area contributed by atoms with Crippen LogP contribution in [0.1, 0.15) is 35.8 Å². The highest BCUT2D eigenvalue weighted by Crippen LogP contribution is 2.22. The third-order valence-electron chi connectivity index (χ3n) is 3.84. The van der Waals surface area contributed by atoms with Crippen LogP contribution in [0, 0.1) is 0 Å². The molecule has 1 aliphatic rings. The van der Waals surface area contributed by atoms with Crippen molar-refractivity contribution in [3.05, 3.63) is 23.4 Å². The molecule has 2 heterocycles. The van der Waals surface area contributed by atoms with Crippen LogP contribution in [-0.4, -0.2) is 54.2 Å². The zero-order valence-electron chi connectivity index (χ0n) is 12.5. The molecule has 1 N–H and O–H groups in total. The topological polar surface area (TPSA) is 56.7 Å². The van der Waals surface area contributed by atoms with Gasteiger partial charge in [-0.25, -0.2) is 9.78 Å². The van der Waals surface area contributed by atoms with Gasteiger partial charge in [-0.05, 0) is 39.1 Å². The molecule has 0 aromatic carbocycles. The Balaban J connectivity index is 2.24. The van der Waals surface area contributed by atoms with Gasteiger partial charge in [0.05, 0.1) is 5.56 Å². The fourth-order valence-corrected chi connectivity index (χ4v) is 2.61. The molecule has 1 unspecified atom stereocenters. The lowest BCUT2D eigenvalue weighted by Gasteiger charge is -2.21. The number of carboxylic acids is 1. The third-order valence-corrected chi connectivity index (χ3v) is 3.84. The Morgan fingerprint density at radius 3 is 2.80 bits per heavy atom. The Morgan fingerprint density at radius 1 is 1.50 bits per heavy atom. The van der Waals surface area contributed by atoms with Crippen molar-refractivity contribution in [3.63, 3.8) is 0 Å². The lowest BCUT2D eigenvalue weighted by molar-refractivity contribution is 0.0696. The van der Waals surface area contributed by atoms with Crippen molar-refractivity contribution >= 4 is 11.8 Å². The summed E-state index contributed by atoms with van der Waals surface area (Å²) in [5.41, 5.74) is 1.21. The van der Waals surface area contributed by atoms with Gasteiger partial charge in [0.1, 0.15) is 5.82 Å². The van der Waals surface area contributed by atoms with E-state index in [4.69, 9.17) is 0 Å². The largest absolute Gasteiger partial charge is 0.478 e. The number of carbonyl (C=O) groups is 1. The molecule has 5 nitrogen and oxygen atoms in total. The molecule has 20 heavy (non-hydrogen) atoms. The van der Waals surface area contributed by atoms with Crippen LogP contribution in [0.15, 0.2) is 12.1 Å². The van der Waals surface area contributed by atoms with Crippen molar-refractivity contribution in [1.29, 1.82) is 0 Å². The molecule has 2 rings (SSSR count). The molecular weight excluding hydrogens is 254 g/mol. The van der Waals surface area contributed by atoms with Gasteiger partial charge in [-0.15, -0.1) is 0 Å². The number of nitrogens with zero attached hydrogens (tertiary/aromatic N) is 3. The van der Waals surface area contributed by atoms with Gasteiger partial charge in [-0.2, -0.15) is 0 Å². The Morgan fingerprint density at radius 2 is 2.25 bits per heavy atom. The van der Waals surface area contributed by atoms with E-state index in [1.807, 2.05) is 0 Å². The zero-order valence-corrected chi connectivity index (χ0v) is 12.5. The second kappa shape index (κ2) is 6.22. The van der Waals surface area contributed by atoms with Gasteiger partial charge < -0.3 is 14.9 Å². The van der Waals surface area contributed by atoms with E-state index in [2.05, 4.69) is 35.8 Å². The first kappa shape index (κ1) is 14.8. The molecule has 1 fully saturated rings. The number of anilines is 1. The number of pyridine rings is 1. The van der Waals surface area contributed by atoms with Crippen LogP contribution < -0.4 is 4.90 Å². The minimum Gasteiger partial charge on any atom is -0.478 e. The van der Waals surface area contributed by atoms with Crippen molar-refractivity contribution < 1.29 is 9.90 Å². The summed E-state index contributed by atoms with van der Waals surface area (Å²) >= 11 is 0. The molecule has 1 aliphatic heterocycles. The maximum absolute atomic E-state index is 11.2. The standard InChI is InChI=1S/C15H23N3O2/c1-4-5-12-8-11(15(19)20)9-14(16-12)18-7-6-13(10-18)17(2)3/h8-9,13H,4-7,10H2,1-3H3,(H,19,20). The van der Waals surface area contributed by atoms with E-state index in [-0.39, 0.29) is 0 Å². The third kappa shape index (κ3) is 3.28. The fraction of sp³-hybridized carbons (Fsp3) is 0.600. The van der Waals surface area contributed by atoms with Crippen LogP contribution in [0.3, 0.4) is 0 Å². The summed E-state index contributed by atoms with van der Waals surface area (Å²) in [6.07, 6.45) is 2.88. The smallest absolute Gasteiger partial charge is 0.335 e. The van der Waals surface area contributed by atoms with Crippen LogP contribution in [0.25, 0.3) is 0 Å². The maximum atomic E-state index is 11.2. The number of rotatable bonds is 5. The van der Waals surface area contributed by atoms with E-state index >= 15 is 0 Å². The summed E-state index contributed by atoms with van der Waals surface area (Å²) in [6.45, 7) is 3.92. The van der Waals surface area contributed by atoms with Gasteiger partial charge in [0, 0.05) is 24.8 Å². The van der Waals surface area contributed by atoms with Gasteiger partial charge in [0.15, 0.2) is 0 Å². The van der Waals surface area contributed by atoms with Crippen molar-refractivity contribution in [2.75, 3.05) is 32.1 Å². The van der Waals surface area contributed by atoms with E-state index < -0.39 is 5.97 Å². The highest BCUT2D eigenvalue weighted by molar-refractivity contribution is 5.88. The second-order valence-corrected chi connectivity index (χ2v) is 5.61. The van der Waals surface area contributed by atoms with E-state index in [0.717, 1.165) is 43.9 Å². The molecule has 0 amide bonds. The predicted molar refractivity (Wildman–Crippen MR) is 79.5 cm³/mol. The van der Waals surface area contributed by atoms with Crippen molar-refractivity contribution in [3.8, 4) is 0 Å². The number of hydrogen-bond acceptors (Lipinski definition) is 4. The van der Waals surface area contributed by atoms with Crippen molar-refractivity contribution in [1.82, 2.24) is 9.88 Å². The van der Waals surface area contributed by atoms with Gasteiger partial charge in [-0.1, -0.05) is 13.3 Å². The number of aromatic nitrogens is 1. The minimum absolute atomic E-state index is 0.340. The number of aryl methyl sites for hydroxylation is 1. The maximum Gasteiger partial charge on any atom is 0.335 e. The van der Waals surface area contributed by atoms with Gasteiger partial charge in [0.2, 0.25) is 0 Å². The van der Waals surface area contributed by atoms with Crippen LogP contribution in [0.5, 0.6) is 0 Å². The molecule has 1 aromatic heterocycles. The summed E-state index contributed by atoms with van der Waals surface area (Å²) in [5, 5.41) is 9.23. The molecule has 0 aliphatic carbocycles. The molecule has 0 spiro atoms. The van der Waals surface area contributed by atoms with Crippen molar-refractivity contribution in [2.24, 2.45) is 0 Å². The lowest BCUT2D eigenvalue weighted by atomic mass is 10.1. The molecule has 0 saturated carbocycles. The van der Waals surface area contributed by atoms with E-state index in [1.165, 1.54) is 0 Å². The SMILES string of the molecule is CCCc1cc(C(=O)O)cc(N2CCC(N(C)C)C2)n1. The van der Waals surface area contributed by atoms with Crippen LogP contribution in [-0.2, 0) is 6.42 Å². The Labute approximate surface area is 120 Å². The molecule has 1 saturated heterocycles. The number of likely N-dealkylation sites (N-methyl/N-ethyl adjacent to an activating group) is 1. The van der Waals surface area contributed by atoms with Crippen LogP contribution >= 0.6 is 0 Å². The minimum atomic E-state index is -0.880. The normalized spacial score (nSPS) is 18.8. The molecule has 1 atom stereocenters. The molecule has 1 aromatic rings. The lowest BCUT2D eigenvalue weighted by Crippen LogP contribution is -2.31. The van der Waals surface area contributed by atoms with Gasteiger partial charge in [0.25, 0.3) is 0 Å². The van der Waals surface area contributed by atoms with E-state index in [1.54, 1.807) is 12.1 Å². The fourth-order valence-electron chi connectivity index (χ4n) is 2.61. The molecule has 0 bridgehead atoms. The second-order valence-electron chi connectivity index (χ2n) is 5.61. The van der Waals surface area contributed by atoms with E-state index in [9.17, 15) is 9.90 Å². The predicted octanol–water partition coefficient (Wildman–Crippen LogP) is 1.87. The Kier molecular flexibility index (Phi) is 4.60. The summed E-state index contributed by atoms with van der Waals surface area (Å²) in [4.78, 5) is 20.3. The zero-order chi connectivity index (χ0) is 14.7. The quantitative estimate of drug-likeness (QED) is 0.890. The first-order chi connectivity index (χ1) is 9.51. The first-order valence-electron chi connectivity index (χ1n) is 7.17. The highest BCUT2D eigenvalue weighted by Gasteiger charge is 2.25. The summed E-state index contributed by atoms with van der Waals surface area (Å²) < 4.78 is 0. The van der Waals surface area contributed by atoms with Gasteiger partial charge >= 0.3 is 5.97 Å². The number of hydrogen-bond donors (Lipinski definition) is 1. The molecule has 5 heteroatoms. The first-order valence-corrected chi connectivity index (χ1v) is 7.17. The average Bonchev–Trinajstić information content (AvgIpc) is 2.88. The van der Waals surface area contributed by atoms with E-state index in [0.29, 0.717) is 11.6 Å². The van der Waals surface area contributed by atoms with Crippen LogP contribution in [0.2, 0.25) is 0 Å². The summed E-state index contributed by atoms with van der Waals surface area (Å²) in [7, 11) is 4.16. The number of carboxylic acid groups (broad SMARTS) is 1. The summed E-state index contributed by atoms with van der Waals surface area (Å²) in [6, 6.07) is 3.90. The monoisotopic (exact) mass is 277 g/mol.